The third-order valence-electron chi connectivity index (χ3n) is 7.67. The van der Waals surface area contributed by atoms with Crippen LogP contribution in [0.1, 0.15) is 83.7 Å². The van der Waals surface area contributed by atoms with Crippen LogP contribution < -0.4 is 11.1 Å². The Balaban J connectivity index is 0.000000266. The van der Waals surface area contributed by atoms with E-state index in [2.05, 4.69) is 15.3 Å². The molecule has 1 fully saturated rings. The first-order valence-electron chi connectivity index (χ1n) is 17.2. The van der Waals surface area contributed by atoms with Gasteiger partial charge in [-0.15, -0.1) is 22.7 Å². The number of nitrogens with one attached hydrogen (secondary N) is 1. The molecule has 5 rings (SSSR count). The van der Waals surface area contributed by atoms with Gasteiger partial charge in [0, 0.05) is 42.5 Å². The van der Waals surface area contributed by atoms with Gasteiger partial charge in [-0.05, 0) is 96.3 Å². The molecule has 8 nitrogen and oxygen atoms in total. The first-order valence-corrected chi connectivity index (χ1v) is 18.9. The zero-order valence-electron chi connectivity index (χ0n) is 30.4. The second kappa shape index (κ2) is 21.1. The maximum absolute atomic E-state index is 14.4. The number of carbonyl (C=O) groups is 2. The maximum atomic E-state index is 14.4. The van der Waals surface area contributed by atoms with Crippen LogP contribution in [0.5, 0.6) is 0 Å². The van der Waals surface area contributed by atoms with Crippen molar-refractivity contribution >= 4 is 34.6 Å². The summed E-state index contributed by atoms with van der Waals surface area (Å²) in [5, 5.41) is 8.13. The smallest absolute Gasteiger partial charge is 0.408 e. The minimum atomic E-state index is -0.926. The number of nitrogens with zero attached hydrogens (tertiary/aromatic N) is 2. The highest BCUT2D eigenvalue weighted by atomic mass is 32.1. The lowest BCUT2D eigenvalue weighted by molar-refractivity contribution is -0.118. The highest BCUT2D eigenvalue weighted by Crippen LogP contribution is 2.21. The molecule has 0 radical (unpaired) electrons. The minimum Gasteiger partial charge on any atom is -0.444 e. The van der Waals surface area contributed by atoms with Crippen LogP contribution in [0.3, 0.4) is 0 Å². The molecule has 0 bridgehead atoms. The fraction of sp³-hybridized carbons (Fsp3) is 0.474. The molecule has 1 saturated heterocycles. The van der Waals surface area contributed by atoms with E-state index in [0.717, 1.165) is 34.6 Å². The molecule has 0 saturated carbocycles. The highest BCUT2D eigenvalue weighted by Gasteiger charge is 2.18. The van der Waals surface area contributed by atoms with E-state index in [9.17, 15) is 27.2 Å². The van der Waals surface area contributed by atoms with Crippen LogP contribution in [0.15, 0.2) is 35.0 Å². The van der Waals surface area contributed by atoms with Gasteiger partial charge in [-0.25, -0.2) is 32.3 Å². The number of carbonyl (C=O) groups excluding carboxylic acids is 2. The lowest BCUT2D eigenvalue weighted by atomic mass is 10.0. The second-order valence-corrected chi connectivity index (χ2v) is 15.3. The van der Waals surface area contributed by atoms with Crippen molar-refractivity contribution in [3.8, 4) is 0 Å². The molecule has 52 heavy (non-hydrogen) atoms. The summed E-state index contributed by atoms with van der Waals surface area (Å²) in [6.45, 7) is 10.8. The van der Waals surface area contributed by atoms with Gasteiger partial charge in [0.1, 0.15) is 5.60 Å². The Bertz CT molecular complexity index is 1750. The highest BCUT2D eigenvalue weighted by molar-refractivity contribution is 7.09. The fourth-order valence-corrected chi connectivity index (χ4v) is 6.22. The van der Waals surface area contributed by atoms with Gasteiger partial charge >= 0.3 is 6.09 Å². The summed E-state index contributed by atoms with van der Waals surface area (Å²) >= 11 is 3.08. The normalized spacial score (nSPS) is 12.4. The van der Waals surface area contributed by atoms with E-state index in [0.29, 0.717) is 31.2 Å². The molecule has 3 N–H and O–H groups in total. The summed E-state index contributed by atoms with van der Waals surface area (Å²) in [6, 6.07) is 6.20. The van der Waals surface area contributed by atoms with Gasteiger partial charge in [0.25, 0.3) is 0 Å². The first-order chi connectivity index (χ1) is 24.7. The van der Waals surface area contributed by atoms with Crippen LogP contribution in [0, 0.1) is 37.1 Å². The third kappa shape index (κ3) is 14.7. The van der Waals surface area contributed by atoms with E-state index in [4.69, 9.17) is 15.2 Å². The van der Waals surface area contributed by atoms with Crippen LogP contribution in [-0.4, -0.2) is 47.2 Å². The number of hydrogen-bond donors (Lipinski definition) is 2. The number of thiazole rings is 2. The average Bonchev–Trinajstić information content (AvgIpc) is 3.89. The van der Waals surface area contributed by atoms with Crippen molar-refractivity contribution in [2.24, 2.45) is 5.73 Å². The number of aryl methyl sites for hydroxylation is 7. The zero-order chi connectivity index (χ0) is 38.3. The predicted octanol–water partition coefficient (Wildman–Crippen LogP) is 8.31. The molecule has 0 atom stereocenters. The summed E-state index contributed by atoms with van der Waals surface area (Å²) in [4.78, 5) is 32.1. The first kappa shape index (κ1) is 42.7. The van der Waals surface area contributed by atoms with E-state index in [-0.39, 0.29) is 48.4 Å². The molecule has 2 aromatic heterocycles. The lowest BCUT2D eigenvalue weighted by Gasteiger charge is -2.19. The van der Waals surface area contributed by atoms with Crippen LogP contribution >= 0.6 is 22.7 Å². The summed E-state index contributed by atoms with van der Waals surface area (Å²) in [5.41, 5.74) is 7.45. The van der Waals surface area contributed by atoms with Crippen LogP contribution in [0.4, 0.5) is 22.4 Å². The van der Waals surface area contributed by atoms with Crippen LogP contribution in [-0.2, 0) is 52.9 Å². The molecule has 4 aromatic rings. The molecule has 0 aliphatic carbocycles. The number of halogens is 4. The van der Waals surface area contributed by atoms with Gasteiger partial charge in [0.05, 0.1) is 27.9 Å². The number of Topliss-reactive ketones (excluding diaryl/α,β-unsaturated/α-hetero) is 1. The number of nitrogens with two attached hydrogens (primary N) is 1. The van der Waals surface area contributed by atoms with Gasteiger partial charge in [0.2, 0.25) is 0 Å². The number of ketones is 1. The Hall–Kier alpha value is -3.72. The minimum absolute atomic E-state index is 0.00825. The number of ether oxygens (including phenoxy) is 2. The van der Waals surface area contributed by atoms with E-state index in [1.54, 1.807) is 50.3 Å². The molecule has 14 heteroatoms. The monoisotopic (exact) mass is 764 g/mol. The van der Waals surface area contributed by atoms with Crippen molar-refractivity contribution in [2.45, 2.75) is 98.1 Å². The van der Waals surface area contributed by atoms with E-state index in [1.807, 2.05) is 24.6 Å². The van der Waals surface area contributed by atoms with Gasteiger partial charge in [-0.3, -0.25) is 4.79 Å². The van der Waals surface area contributed by atoms with Crippen molar-refractivity contribution < 1.29 is 36.6 Å². The van der Waals surface area contributed by atoms with E-state index >= 15 is 0 Å². The molecule has 1 aliphatic heterocycles. The summed E-state index contributed by atoms with van der Waals surface area (Å²) in [6.07, 6.45) is 3.86. The second-order valence-electron chi connectivity index (χ2n) is 13.2. The molecule has 284 valence electrons. The Kier molecular flexibility index (Phi) is 17.3. The largest absolute Gasteiger partial charge is 0.444 e. The Labute approximate surface area is 311 Å². The average molecular weight is 765 g/mol. The summed E-state index contributed by atoms with van der Waals surface area (Å²) < 4.78 is 65.9. The molecule has 3 heterocycles. The standard InChI is InChI=1S/C21H26F2N2O3S.C13H14F2N2S.C4H8O/c1-13-25-16(12-29-13)9-7-14-5-6-15(19(23)18(14)22)8-10-17(26)11-24-20(27)28-21(2,3)4;1-8-17-11(7-18-8)5-4-9-2-3-10(6-16)13(15)12(9)14;1-2-4-5-3-1/h5-6,12H,7-11H2,1-4H3,(H,24,27);2-3,7H,4-6,16H2,1H3;1-4H2. The summed E-state index contributed by atoms with van der Waals surface area (Å²) in [5.74, 6) is -3.72. The van der Waals surface area contributed by atoms with E-state index < -0.39 is 35.0 Å². The number of hydrogen-bond acceptors (Lipinski definition) is 9. The molecule has 0 unspecified atom stereocenters. The molecule has 1 amide bonds. The number of benzene rings is 2. The van der Waals surface area contributed by atoms with Crippen LogP contribution in [0.25, 0.3) is 0 Å². The predicted molar refractivity (Wildman–Crippen MR) is 197 cm³/mol. The Morgan fingerprint density at radius 1 is 0.769 bits per heavy atom. The quantitative estimate of drug-likeness (QED) is 0.140. The SMILES string of the molecule is C1CCOC1.Cc1nc(CCc2ccc(CCC(=O)CNC(=O)OC(C)(C)C)c(F)c2F)cs1.Cc1nc(CCc2ccc(CN)c(F)c2F)cs1. The van der Waals surface area contributed by atoms with Gasteiger partial charge in [-0.1, -0.05) is 24.3 Å². The van der Waals surface area contributed by atoms with Crippen molar-refractivity contribution in [2.75, 3.05) is 19.8 Å². The molecular weight excluding hydrogens is 717 g/mol. The lowest BCUT2D eigenvalue weighted by Crippen LogP contribution is -2.35. The maximum Gasteiger partial charge on any atom is 0.408 e. The molecule has 2 aromatic carbocycles. The van der Waals surface area contributed by atoms with Crippen LogP contribution in [0.2, 0.25) is 0 Å². The van der Waals surface area contributed by atoms with E-state index in [1.165, 1.54) is 30.2 Å². The molecule has 0 spiro atoms. The van der Waals surface area contributed by atoms with Gasteiger partial charge in [0.15, 0.2) is 29.1 Å². The number of alkyl carbamates (subject to hydrolysis) is 1. The molecular formula is C38H48F4N4O4S2. The van der Waals surface area contributed by atoms with Gasteiger partial charge in [-0.2, -0.15) is 0 Å². The number of aromatic nitrogens is 2. The number of rotatable bonds is 12. The van der Waals surface area contributed by atoms with Crippen molar-refractivity contribution in [1.82, 2.24) is 15.3 Å². The Morgan fingerprint density at radius 3 is 1.60 bits per heavy atom. The fourth-order valence-electron chi connectivity index (χ4n) is 4.93. The number of amides is 1. The van der Waals surface area contributed by atoms with Crippen molar-refractivity contribution in [3.63, 3.8) is 0 Å². The zero-order valence-corrected chi connectivity index (χ0v) is 32.0. The van der Waals surface area contributed by atoms with Gasteiger partial charge < -0.3 is 20.5 Å². The topological polar surface area (TPSA) is 116 Å². The third-order valence-corrected chi connectivity index (χ3v) is 9.31. The van der Waals surface area contributed by atoms with Crippen molar-refractivity contribution in [3.05, 3.63) is 102 Å². The Morgan fingerprint density at radius 2 is 1.21 bits per heavy atom. The van der Waals surface area contributed by atoms with Crippen molar-refractivity contribution in [1.29, 1.82) is 0 Å². The molecule has 1 aliphatic rings. The summed E-state index contributed by atoms with van der Waals surface area (Å²) in [7, 11) is 0.